The van der Waals surface area contributed by atoms with E-state index >= 15 is 0 Å². The number of oxazole rings is 1. The first-order valence-corrected chi connectivity index (χ1v) is 10.2. The van der Waals surface area contributed by atoms with Gasteiger partial charge in [0.25, 0.3) is 0 Å². The van der Waals surface area contributed by atoms with E-state index in [-0.39, 0.29) is 29.5 Å². The number of sulfonamides is 1. The van der Waals surface area contributed by atoms with Crippen molar-refractivity contribution >= 4 is 27.0 Å². The van der Waals surface area contributed by atoms with E-state index < -0.39 is 21.8 Å². The topological polar surface area (TPSA) is 102 Å². The standard InChI is InChI=1S/C19H19N3O5S/c1-12-4-3-5-13(10-12)17-18(23)20-8-9-22(17)28(25,26)14-6-7-15-16(11-14)27-19(24)21(15)2/h3-7,10-11,17H,8-9H2,1-2H3,(H,20,23). The van der Waals surface area contributed by atoms with Crippen LogP contribution in [0.5, 0.6) is 0 Å². The number of carbonyl (C=O) groups excluding carboxylic acids is 1. The summed E-state index contributed by atoms with van der Waals surface area (Å²) in [6, 6.07) is 10.5. The highest BCUT2D eigenvalue weighted by molar-refractivity contribution is 7.89. The summed E-state index contributed by atoms with van der Waals surface area (Å²) in [5.74, 6) is -0.938. The number of carbonyl (C=O) groups is 1. The highest BCUT2D eigenvalue weighted by Crippen LogP contribution is 2.31. The Bertz CT molecular complexity index is 1240. The van der Waals surface area contributed by atoms with E-state index in [0.29, 0.717) is 11.1 Å². The molecule has 1 N–H and O–H groups in total. The monoisotopic (exact) mass is 401 g/mol. The highest BCUT2D eigenvalue weighted by Gasteiger charge is 2.39. The average molecular weight is 401 g/mol. The number of hydrogen-bond acceptors (Lipinski definition) is 5. The third kappa shape index (κ3) is 2.92. The van der Waals surface area contributed by atoms with Gasteiger partial charge in [-0.25, -0.2) is 13.2 Å². The summed E-state index contributed by atoms with van der Waals surface area (Å²) in [5.41, 5.74) is 2.21. The highest BCUT2D eigenvalue weighted by atomic mass is 32.2. The van der Waals surface area contributed by atoms with Crippen LogP contribution in [0.3, 0.4) is 0 Å². The van der Waals surface area contributed by atoms with Gasteiger partial charge in [0, 0.05) is 26.2 Å². The molecule has 2 aromatic carbocycles. The van der Waals surface area contributed by atoms with Gasteiger partial charge >= 0.3 is 5.76 Å². The van der Waals surface area contributed by atoms with Gasteiger partial charge in [-0.15, -0.1) is 0 Å². The third-order valence-corrected chi connectivity index (χ3v) is 6.76. The lowest BCUT2D eigenvalue weighted by Gasteiger charge is -2.34. The Labute approximate surface area is 161 Å². The summed E-state index contributed by atoms with van der Waals surface area (Å²) in [6.07, 6.45) is 0. The number of nitrogens with zero attached hydrogens (tertiary/aromatic N) is 2. The maximum atomic E-state index is 13.4. The van der Waals surface area contributed by atoms with Crippen LogP contribution in [0.15, 0.2) is 56.6 Å². The summed E-state index contributed by atoms with van der Waals surface area (Å²) < 4.78 is 34.3. The van der Waals surface area contributed by atoms with E-state index in [0.717, 1.165) is 5.56 Å². The van der Waals surface area contributed by atoms with Crippen LogP contribution >= 0.6 is 0 Å². The number of fused-ring (bicyclic) bond motifs is 1. The van der Waals surface area contributed by atoms with Crippen molar-refractivity contribution in [2.24, 2.45) is 7.05 Å². The Balaban J connectivity index is 1.82. The van der Waals surface area contributed by atoms with Crippen molar-refractivity contribution in [2.45, 2.75) is 17.9 Å². The predicted molar refractivity (Wildman–Crippen MR) is 102 cm³/mol. The van der Waals surface area contributed by atoms with Gasteiger partial charge in [-0.2, -0.15) is 4.31 Å². The Morgan fingerprint density at radius 2 is 1.93 bits per heavy atom. The number of benzene rings is 2. The van der Waals surface area contributed by atoms with E-state index in [9.17, 15) is 18.0 Å². The second kappa shape index (κ2) is 6.61. The minimum atomic E-state index is -4.00. The maximum absolute atomic E-state index is 13.4. The van der Waals surface area contributed by atoms with Crippen LogP contribution < -0.4 is 11.1 Å². The molecule has 1 aromatic heterocycles. The molecule has 0 saturated carbocycles. The van der Waals surface area contributed by atoms with E-state index in [1.165, 1.54) is 27.1 Å². The number of aryl methyl sites for hydroxylation is 2. The fourth-order valence-electron chi connectivity index (χ4n) is 3.47. The summed E-state index contributed by atoms with van der Waals surface area (Å²) in [4.78, 5) is 24.2. The smallest absolute Gasteiger partial charge is 0.408 e. The fraction of sp³-hybridized carbons (Fsp3) is 0.263. The molecule has 8 nitrogen and oxygen atoms in total. The summed E-state index contributed by atoms with van der Waals surface area (Å²) >= 11 is 0. The molecule has 9 heteroatoms. The number of rotatable bonds is 3. The number of piperazine rings is 1. The van der Waals surface area contributed by atoms with Gasteiger partial charge in [0.15, 0.2) is 5.58 Å². The van der Waals surface area contributed by atoms with Gasteiger partial charge in [0.2, 0.25) is 15.9 Å². The zero-order valence-corrected chi connectivity index (χ0v) is 16.2. The molecule has 1 unspecified atom stereocenters. The SMILES string of the molecule is Cc1cccc(C2C(=O)NCCN2S(=O)(=O)c2ccc3c(c2)oc(=O)n3C)c1. The first kappa shape index (κ1) is 18.5. The number of amides is 1. The van der Waals surface area contributed by atoms with E-state index in [1.807, 2.05) is 13.0 Å². The second-order valence-electron chi connectivity index (χ2n) is 6.78. The van der Waals surface area contributed by atoms with Gasteiger partial charge in [-0.3, -0.25) is 9.36 Å². The van der Waals surface area contributed by atoms with E-state index in [2.05, 4.69) is 5.32 Å². The van der Waals surface area contributed by atoms with Crippen molar-refractivity contribution < 1.29 is 17.6 Å². The lowest BCUT2D eigenvalue weighted by atomic mass is 10.0. The first-order chi connectivity index (χ1) is 13.3. The molecule has 0 spiro atoms. The molecule has 4 rings (SSSR count). The molecule has 3 aromatic rings. The number of aromatic nitrogens is 1. The van der Waals surface area contributed by atoms with Crippen LogP contribution in [-0.4, -0.2) is 36.3 Å². The van der Waals surface area contributed by atoms with Crippen molar-refractivity contribution in [1.29, 1.82) is 0 Å². The van der Waals surface area contributed by atoms with Crippen molar-refractivity contribution in [3.05, 3.63) is 64.1 Å². The van der Waals surface area contributed by atoms with Crippen LogP contribution in [-0.2, 0) is 21.9 Å². The molecule has 1 aliphatic rings. The third-order valence-electron chi connectivity index (χ3n) is 4.90. The maximum Gasteiger partial charge on any atom is 0.419 e. The Hall–Kier alpha value is -2.91. The quantitative estimate of drug-likeness (QED) is 0.713. The summed E-state index contributed by atoms with van der Waals surface area (Å²) in [7, 11) is -2.45. The lowest BCUT2D eigenvalue weighted by molar-refractivity contribution is -0.126. The fourth-order valence-corrected chi connectivity index (χ4v) is 5.07. The number of hydrogen-bond donors (Lipinski definition) is 1. The van der Waals surface area contributed by atoms with Crippen molar-refractivity contribution in [1.82, 2.24) is 14.2 Å². The van der Waals surface area contributed by atoms with E-state index in [1.54, 1.807) is 25.2 Å². The van der Waals surface area contributed by atoms with Gasteiger partial charge in [-0.1, -0.05) is 29.8 Å². The molecule has 1 fully saturated rings. The molecule has 0 radical (unpaired) electrons. The first-order valence-electron chi connectivity index (χ1n) is 8.75. The normalized spacial score (nSPS) is 18.4. The molecular formula is C19H19N3O5S. The van der Waals surface area contributed by atoms with Crippen LogP contribution in [0.1, 0.15) is 17.2 Å². The van der Waals surface area contributed by atoms with Crippen LogP contribution in [0, 0.1) is 6.92 Å². The minimum Gasteiger partial charge on any atom is -0.408 e. The van der Waals surface area contributed by atoms with Crippen molar-refractivity contribution in [3.63, 3.8) is 0 Å². The largest absolute Gasteiger partial charge is 0.419 e. The molecular weight excluding hydrogens is 382 g/mol. The van der Waals surface area contributed by atoms with Gasteiger partial charge in [0.1, 0.15) is 6.04 Å². The molecule has 0 bridgehead atoms. The van der Waals surface area contributed by atoms with Crippen LogP contribution in [0.2, 0.25) is 0 Å². The average Bonchev–Trinajstić information content (AvgIpc) is 2.95. The molecule has 0 aliphatic carbocycles. The molecule has 2 heterocycles. The van der Waals surface area contributed by atoms with Gasteiger partial charge in [-0.05, 0) is 24.6 Å². The van der Waals surface area contributed by atoms with Crippen LogP contribution in [0.25, 0.3) is 11.1 Å². The van der Waals surface area contributed by atoms with Gasteiger partial charge in [0.05, 0.1) is 10.4 Å². The minimum absolute atomic E-state index is 0.0262. The molecule has 1 aliphatic heterocycles. The van der Waals surface area contributed by atoms with Crippen molar-refractivity contribution in [2.75, 3.05) is 13.1 Å². The summed E-state index contributed by atoms with van der Waals surface area (Å²) in [5, 5.41) is 2.74. The number of nitrogens with one attached hydrogen (secondary N) is 1. The van der Waals surface area contributed by atoms with Crippen molar-refractivity contribution in [3.8, 4) is 0 Å². The lowest BCUT2D eigenvalue weighted by Crippen LogP contribution is -2.52. The zero-order valence-electron chi connectivity index (χ0n) is 15.4. The molecule has 28 heavy (non-hydrogen) atoms. The predicted octanol–water partition coefficient (Wildman–Crippen LogP) is 1.30. The second-order valence-corrected chi connectivity index (χ2v) is 8.67. The van der Waals surface area contributed by atoms with Gasteiger partial charge < -0.3 is 9.73 Å². The molecule has 1 atom stereocenters. The Morgan fingerprint density at radius 1 is 1.14 bits per heavy atom. The zero-order chi connectivity index (χ0) is 20.1. The summed E-state index contributed by atoms with van der Waals surface area (Å²) in [6.45, 7) is 2.25. The molecule has 1 amide bonds. The Morgan fingerprint density at radius 3 is 2.68 bits per heavy atom. The van der Waals surface area contributed by atoms with Crippen LogP contribution in [0.4, 0.5) is 0 Å². The van der Waals surface area contributed by atoms with E-state index in [4.69, 9.17) is 4.42 Å². The molecule has 146 valence electrons. The Kier molecular flexibility index (Phi) is 4.35. The molecule has 1 saturated heterocycles.